The molecule has 1 rings (SSSR count). The van der Waals surface area contributed by atoms with Gasteiger partial charge in [-0.3, -0.25) is 4.79 Å². The normalized spacial score (nSPS) is 21.5. The van der Waals surface area contributed by atoms with Gasteiger partial charge in [-0.2, -0.15) is 0 Å². The summed E-state index contributed by atoms with van der Waals surface area (Å²) < 4.78 is 11.2. The largest absolute Gasteiger partial charge is 0.394 e. The zero-order valence-corrected chi connectivity index (χ0v) is 35.0. The molecule has 0 aromatic rings. The van der Waals surface area contributed by atoms with Crippen molar-refractivity contribution in [1.82, 2.24) is 5.32 Å². The van der Waals surface area contributed by atoms with Crippen molar-refractivity contribution in [2.45, 2.75) is 256 Å². The highest BCUT2D eigenvalue weighted by Crippen LogP contribution is 2.23. The van der Waals surface area contributed by atoms with Crippen molar-refractivity contribution in [3.63, 3.8) is 0 Å². The van der Waals surface area contributed by atoms with Crippen LogP contribution >= 0.6 is 0 Å². The molecule has 0 aliphatic carbocycles. The van der Waals surface area contributed by atoms with E-state index in [-0.39, 0.29) is 12.5 Å². The molecule has 7 unspecified atom stereocenters. The first-order valence-corrected chi connectivity index (χ1v) is 22.9. The average molecular weight is 770 g/mol. The fourth-order valence-corrected chi connectivity index (χ4v) is 7.39. The molecular formula is C45H87NO8. The van der Waals surface area contributed by atoms with E-state index in [0.29, 0.717) is 12.8 Å². The number of unbranched alkanes of at least 4 members (excludes halogenated alkanes) is 26. The van der Waals surface area contributed by atoms with Gasteiger partial charge in [0.05, 0.1) is 25.4 Å². The molecule has 0 radical (unpaired) electrons. The van der Waals surface area contributed by atoms with E-state index in [4.69, 9.17) is 9.47 Å². The molecule has 6 N–H and O–H groups in total. The number of ether oxygens (including phenoxy) is 2. The van der Waals surface area contributed by atoms with E-state index >= 15 is 0 Å². The number of carbonyl (C=O) groups excluding carboxylic acids is 1. The lowest BCUT2D eigenvalue weighted by atomic mass is 9.99. The van der Waals surface area contributed by atoms with Crippen molar-refractivity contribution in [3.8, 4) is 0 Å². The minimum absolute atomic E-state index is 0.136. The predicted octanol–water partition coefficient (Wildman–Crippen LogP) is 9.34. The van der Waals surface area contributed by atoms with E-state index in [2.05, 4.69) is 31.3 Å². The summed E-state index contributed by atoms with van der Waals surface area (Å²) >= 11 is 0. The van der Waals surface area contributed by atoms with Crippen LogP contribution < -0.4 is 5.32 Å². The SMILES string of the molecule is CCCCCCCCCC/C=C\CCCCCCCCCCCC(=O)NC(COC1OC(CO)C(O)C(O)C1O)C(O)CCCCCCCCCCCC. The predicted molar refractivity (Wildman–Crippen MR) is 221 cm³/mol. The van der Waals surface area contributed by atoms with Crippen LogP contribution in [0.25, 0.3) is 0 Å². The Labute approximate surface area is 331 Å². The highest BCUT2D eigenvalue weighted by Gasteiger charge is 2.44. The number of nitrogens with one attached hydrogen (secondary N) is 1. The van der Waals surface area contributed by atoms with Crippen LogP contribution in [0.15, 0.2) is 12.2 Å². The van der Waals surface area contributed by atoms with Crippen molar-refractivity contribution in [1.29, 1.82) is 0 Å². The van der Waals surface area contributed by atoms with Gasteiger partial charge in [-0.25, -0.2) is 0 Å². The lowest BCUT2D eigenvalue weighted by molar-refractivity contribution is -0.302. The molecule has 9 heteroatoms. The van der Waals surface area contributed by atoms with Crippen molar-refractivity contribution in [2.24, 2.45) is 0 Å². The Morgan fingerprint density at radius 3 is 1.50 bits per heavy atom. The molecule has 1 saturated heterocycles. The standard InChI is InChI=1S/C45H87NO8/c1-3-5-7-9-11-13-15-16-17-18-19-20-21-22-23-24-25-27-29-31-33-35-41(49)46-38(37-53-45-44(52)43(51)42(50)40(36-47)54-45)39(48)34-32-30-28-26-14-12-10-8-6-4-2/h18-19,38-40,42-45,47-48,50-52H,3-17,20-37H2,1-2H3,(H,46,49)/b19-18-. The van der Waals surface area contributed by atoms with Gasteiger partial charge in [-0.05, 0) is 38.5 Å². The van der Waals surface area contributed by atoms with E-state index in [1.807, 2.05) is 0 Å². The topological polar surface area (TPSA) is 149 Å². The minimum atomic E-state index is -1.55. The lowest BCUT2D eigenvalue weighted by Crippen LogP contribution is -2.60. The number of allylic oxidation sites excluding steroid dienone is 2. The second-order valence-corrected chi connectivity index (χ2v) is 16.2. The molecule has 7 atom stereocenters. The van der Waals surface area contributed by atoms with Gasteiger partial charge in [-0.1, -0.05) is 180 Å². The number of carbonyl (C=O) groups is 1. The van der Waals surface area contributed by atoms with Gasteiger partial charge in [-0.15, -0.1) is 0 Å². The quantitative estimate of drug-likeness (QED) is 0.0269. The number of hydrogen-bond donors (Lipinski definition) is 6. The van der Waals surface area contributed by atoms with E-state index in [1.165, 1.54) is 148 Å². The van der Waals surface area contributed by atoms with Gasteiger partial charge in [0.15, 0.2) is 6.29 Å². The Morgan fingerprint density at radius 2 is 1.04 bits per heavy atom. The molecule has 0 aromatic carbocycles. The first-order valence-electron chi connectivity index (χ1n) is 22.9. The van der Waals surface area contributed by atoms with E-state index in [1.54, 1.807) is 0 Å². The molecule has 54 heavy (non-hydrogen) atoms. The summed E-state index contributed by atoms with van der Waals surface area (Å²) in [5, 5.41) is 54.2. The first kappa shape index (κ1) is 50.9. The van der Waals surface area contributed by atoms with E-state index in [0.717, 1.165) is 38.5 Å². The minimum Gasteiger partial charge on any atom is -0.394 e. The van der Waals surface area contributed by atoms with Crippen LogP contribution in [0, 0.1) is 0 Å². The Morgan fingerprint density at radius 1 is 0.611 bits per heavy atom. The van der Waals surface area contributed by atoms with Gasteiger partial charge in [0.2, 0.25) is 5.91 Å². The molecule has 0 spiro atoms. The second kappa shape index (κ2) is 36.3. The molecule has 320 valence electrons. The number of hydrogen-bond acceptors (Lipinski definition) is 8. The molecule has 1 fully saturated rings. The van der Waals surface area contributed by atoms with Gasteiger partial charge < -0.3 is 40.3 Å². The molecule has 1 aliphatic heterocycles. The van der Waals surface area contributed by atoms with E-state index < -0.39 is 49.5 Å². The highest BCUT2D eigenvalue weighted by molar-refractivity contribution is 5.76. The first-order chi connectivity index (χ1) is 26.3. The Kier molecular flexibility index (Phi) is 34.2. The van der Waals surface area contributed by atoms with Crippen LogP contribution in [0.2, 0.25) is 0 Å². The van der Waals surface area contributed by atoms with Crippen LogP contribution in [-0.4, -0.2) is 87.5 Å². The molecule has 1 amide bonds. The summed E-state index contributed by atoms with van der Waals surface area (Å²) in [6.45, 7) is 3.82. The van der Waals surface area contributed by atoms with Crippen LogP contribution in [0.4, 0.5) is 0 Å². The molecule has 0 bridgehead atoms. The summed E-state index contributed by atoms with van der Waals surface area (Å²) in [6, 6.07) is -0.714. The summed E-state index contributed by atoms with van der Waals surface area (Å²) in [6.07, 6.45) is 33.7. The van der Waals surface area contributed by atoms with Crippen molar-refractivity contribution in [2.75, 3.05) is 13.2 Å². The zero-order valence-electron chi connectivity index (χ0n) is 35.0. The van der Waals surface area contributed by atoms with Crippen LogP contribution in [0.3, 0.4) is 0 Å². The highest BCUT2D eigenvalue weighted by atomic mass is 16.7. The number of amides is 1. The molecule has 0 saturated carbocycles. The van der Waals surface area contributed by atoms with Crippen LogP contribution in [0.1, 0.15) is 213 Å². The van der Waals surface area contributed by atoms with Crippen molar-refractivity contribution < 1.29 is 39.8 Å². The lowest BCUT2D eigenvalue weighted by Gasteiger charge is -2.40. The molecule has 0 aromatic heterocycles. The number of aliphatic hydroxyl groups is 5. The third-order valence-electron chi connectivity index (χ3n) is 11.1. The molecular weight excluding hydrogens is 682 g/mol. The fraction of sp³-hybridized carbons (Fsp3) is 0.933. The monoisotopic (exact) mass is 770 g/mol. The maximum atomic E-state index is 12.9. The number of aliphatic hydroxyl groups excluding tert-OH is 5. The molecule has 1 heterocycles. The summed E-state index contributed by atoms with van der Waals surface area (Å²) in [5.41, 5.74) is 0. The Bertz CT molecular complexity index is 858. The third-order valence-corrected chi connectivity index (χ3v) is 11.1. The van der Waals surface area contributed by atoms with Crippen LogP contribution in [-0.2, 0) is 14.3 Å². The fourth-order valence-electron chi connectivity index (χ4n) is 7.39. The second-order valence-electron chi connectivity index (χ2n) is 16.2. The third kappa shape index (κ3) is 26.7. The van der Waals surface area contributed by atoms with Gasteiger partial charge in [0.1, 0.15) is 24.4 Å². The maximum Gasteiger partial charge on any atom is 0.220 e. The maximum absolute atomic E-state index is 12.9. The molecule has 1 aliphatic rings. The van der Waals surface area contributed by atoms with Gasteiger partial charge in [0, 0.05) is 6.42 Å². The van der Waals surface area contributed by atoms with Crippen molar-refractivity contribution in [3.05, 3.63) is 12.2 Å². The van der Waals surface area contributed by atoms with Gasteiger partial charge >= 0.3 is 0 Å². The average Bonchev–Trinajstić information content (AvgIpc) is 3.17. The smallest absolute Gasteiger partial charge is 0.220 e. The summed E-state index contributed by atoms with van der Waals surface area (Å²) in [4.78, 5) is 12.9. The van der Waals surface area contributed by atoms with Crippen LogP contribution in [0.5, 0.6) is 0 Å². The van der Waals surface area contributed by atoms with Crippen molar-refractivity contribution >= 4 is 5.91 Å². The van der Waals surface area contributed by atoms with E-state index in [9.17, 15) is 30.3 Å². The Hall–Kier alpha value is -1.07. The molecule has 9 nitrogen and oxygen atoms in total. The number of rotatable bonds is 38. The summed E-state index contributed by atoms with van der Waals surface area (Å²) in [5.74, 6) is -0.147. The Balaban J connectivity index is 2.26. The summed E-state index contributed by atoms with van der Waals surface area (Å²) in [7, 11) is 0. The van der Waals surface area contributed by atoms with Gasteiger partial charge in [0.25, 0.3) is 0 Å². The zero-order chi connectivity index (χ0) is 39.5.